The van der Waals surface area contributed by atoms with Crippen molar-refractivity contribution in [3.63, 3.8) is 0 Å². The monoisotopic (exact) mass is 360 g/mol. The summed E-state index contributed by atoms with van der Waals surface area (Å²) in [6.45, 7) is 0. The summed E-state index contributed by atoms with van der Waals surface area (Å²) in [7, 11) is 0. The van der Waals surface area contributed by atoms with Crippen molar-refractivity contribution in [3.05, 3.63) is 20.1 Å². The number of hydrogen-bond donors (Lipinski definition) is 2. The molecule has 2 amide bonds. The van der Waals surface area contributed by atoms with E-state index in [1.54, 1.807) is 0 Å². The molecule has 0 saturated carbocycles. The van der Waals surface area contributed by atoms with Crippen LogP contribution < -0.4 is 10.6 Å². The lowest BCUT2D eigenvalue weighted by molar-refractivity contribution is -0.139. The second-order valence-corrected chi connectivity index (χ2v) is 5.08. The van der Waals surface area contributed by atoms with Crippen molar-refractivity contribution in [1.29, 1.82) is 0 Å². The molecule has 20 heavy (non-hydrogen) atoms. The molecule has 0 spiro atoms. The van der Waals surface area contributed by atoms with Crippen LogP contribution in [-0.2, 0) is 19.1 Å². The molecule has 0 saturated heterocycles. The van der Waals surface area contributed by atoms with E-state index < -0.39 is 30.4 Å². The van der Waals surface area contributed by atoms with Crippen molar-refractivity contribution >= 4 is 64.4 Å². The number of ether oxygens (including phenoxy) is 2. The molecular weight excluding hydrogens is 358 g/mol. The maximum absolute atomic E-state index is 11.6. The van der Waals surface area contributed by atoms with E-state index in [2.05, 4.69) is 20.1 Å². The number of nitrogens with one attached hydrogen (secondary N) is 2. The van der Waals surface area contributed by atoms with E-state index in [0.717, 1.165) is 0 Å². The number of halogens is 4. The zero-order valence-electron chi connectivity index (χ0n) is 9.21. The highest BCUT2D eigenvalue weighted by Crippen LogP contribution is 2.28. The SMILES string of the molecule is O=C(N[C@@H]1OC(=O)C(Cl)=C1Cl)N[C@H]1OC(=O)C(Cl)=C1Cl. The molecule has 0 aliphatic carbocycles. The fraction of sp³-hybridized carbons (Fsp3) is 0.222. The third-order valence-corrected chi connectivity index (χ3v) is 3.90. The van der Waals surface area contributed by atoms with Crippen molar-refractivity contribution in [1.82, 2.24) is 10.6 Å². The number of amides is 2. The van der Waals surface area contributed by atoms with Crippen LogP contribution in [0, 0.1) is 0 Å². The Morgan fingerprint density at radius 2 is 1.20 bits per heavy atom. The molecule has 2 N–H and O–H groups in total. The van der Waals surface area contributed by atoms with E-state index in [0.29, 0.717) is 0 Å². The average molecular weight is 362 g/mol. The second kappa shape index (κ2) is 5.69. The van der Waals surface area contributed by atoms with Gasteiger partial charge in [0.2, 0.25) is 12.5 Å². The summed E-state index contributed by atoms with van der Waals surface area (Å²) >= 11 is 22.4. The van der Waals surface area contributed by atoms with E-state index in [1.165, 1.54) is 0 Å². The van der Waals surface area contributed by atoms with Crippen LogP contribution >= 0.6 is 46.4 Å². The van der Waals surface area contributed by atoms with Crippen LogP contribution in [0.5, 0.6) is 0 Å². The van der Waals surface area contributed by atoms with Crippen molar-refractivity contribution < 1.29 is 23.9 Å². The van der Waals surface area contributed by atoms with Gasteiger partial charge in [-0.25, -0.2) is 14.4 Å². The van der Waals surface area contributed by atoms with Gasteiger partial charge in [0.1, 0.15) is 20.1 Å². The Morgan fingerprint density at radius 1 is 0.850 bits per heavy atom. The summed E-state index contributed by atoms with van der Waals surface area (Å²) in [4.78, 5) is 33.8. The van der Waals surface area contributed by atoms with E-state index in [1.807, 2.05) is 0 Å². The lowest BCUT2D eigenvalue weighted by atomic mass is 10.4. The first-order chi connectivity index (χ1) is 9.31. The normalized spacial score (nSPS) is 25.8. The molecule has 2 heterocycles. The molecule has 0 aromatic heterocycles. The quantitative estimate of drug-likeness (QED) is 0.725. The molecule has 7 nitrogen and oxygen atoms in total. The number of cyclic esters (lactones) is 2. The topological polar surface area (TPSA) is 93.7 Å². The Hall–Kier alpha value is -1.15. The molecule has 0 unspecified atom stereocenters. The van der Waals surface area contributed by atoms with Gasteiger partial charge >= 0.3 is 18.0 Å². The largest absolute Gasteiger partial charge is 0.432 e. The minimum Gasteiger partial charge on any atom is -0.432 e. The summed E-state index contributed by atoms with van der Waals surface area (Å²) in [5, 5.41) is 3.37. The third kappa shape index (κ3) is 2.80. The lowest BCUT2D eigenvalue weighted by Crippen LogP contribution is -2.47. The number of rotatable bonds is 2. The smallest absolute Gasteiger partial charge is 0.353 e. The Balaban J connectivity index is 1.95. The molecule has 0 aromatic rings. The van der Waals surface area contributed by atoms with Gasteiger partial charge in [-0.15, -0.1) is 0 Å². The Labute approximate surface area is 131 Å². The van der Waals surface area contributed by atoms with Gasteiger partial charge in [-0.3, -0.25) is 10.6 Å². The van der Waals surface area contributed by atoms with Crippen molar-refractivity contribution in [3.8, 4) is 0 Å². The first kappa shape index (κ1) is 15.2. The van der Waals surface area contributed by atoms with Crippen LogP contribution in [0.4, 0.5) is 4.79 Å². The predicted octanol–water partition coefficient (Wildman–Crippen LogP) is 1.43. The van der Waals surface area contributed by atoms with Crippen LogP contribution in [0.3, 0.4) is 0 Å². The van der Waals surface area contributed by atoms with Crippen LogP contribution in [-0.4, -0.2) is 30.4 Å². The predicted molar refractivity (Wildman–Crippen MR) is 68.9 cm³/mol. The first-order valence-corrected chi connectivity index (χ1v) is 6.41. The molecule has 0 bridgehead atoms. The Morgan fingerprint density at radius 3 is 1.45 bits per heavy atom. The molecule has 0 aromatic carbocycles. The summed E-state index contributed by atoms with van der Waals surface area (Å²) in [6.07, 6.45) is -2.46. The summed E-state index contributed by atoms with van der Waals surface area (Å²) in [5.74, 6) is -1.73. The van der Waals surface area contributed by atoms with Crippen LogP contribution in [0.15, 0.2) is 20.1 Å². The number of carbonyl (C=O) groups excluding carboxylic acids is 3. The number of carbonyl (C=O) groups is 3. The van der Waals surface area contributed by atoms with Crippen LogP contribution in [0.1, 0.15) is 0 Å². The average Bonchev–Trinajstić information content (AvgIpc) is 2.76. The van der Waals surface area contributed by atoms with Gasteiger partial charge in [0.05, 0.1) is 0 Å². The van der Waals surface area contributed by atoms with Crippen LogP contribution in [0.25, 0.3) is 0 Å². The fourth-order valence-electron chi connectivity index (χ4n) is 1.31. The molecule has 108 valence electrons. The summed E-state index contributed by atoms with van der Waals surface area (Å²) in [5.41, 5.74) is 0. The number of urea groups is 1. The Bertz CT molecular complexity index is 525. The molecule has 2 aliphatic heterocycles. The van der Waals surface area contributed by atoms with Crippen molar-refractivity contribution in [2.75, 3.05) is 0 Å². The lowest BCUT2D eigenvalue weighted by Gasteiger charge is -2.16. The highest BCUT2D eigenvalue weighted by atomic mass is 35.5. The molecule has 0 fully saturated rings. The molecule has 11 heteroatoms. The molecule has 2 atom stereocenters. The van der Waals surface area contributed by atoms with E-state index >= 15 is 0 Å². The van der Waals surface area contributed by atoms with E-state index in [4.69, 9.17) is 46.4 Å². The highest BCUT2D eigenvalue weighted by molar-refractivity contribution is 6.49. The third-order valence-electron chi connectivity index (χ3n) is 2.21. The molecule has 2 aliphatic rings. The standard InChI is InChI=1S/C9H4Cl4N2O5/c10-1-3(12)7(16)19-5(1)14-9(18)15-6-2(11)4(13)8(17)20-6/h5-6H,(H2,14,15,18)/t5-,6+. The van der Waals surface area contributed by atoms with Gasteiger partial charge in [-0.1, -0.05) is 46.4 Å². The fourth-order valence-corrected chi connectivity index (χ4v) is 1.95. The zero-order chi connectivity index (χ0) is 15.0. The van der Waals surface area contributed by atoms with E-state index in [9.17, 15) is 14.4 Å². The maximum Gasteiger partial charge on any atom is 0.353 e. The van der Waals surface area contributed by atoms with Gasteiger partial charge < -0.3 is 9.47 Å². The number of esters is 2. The zero-order valence-corrected chi connectivity index (χ0v) is 12.2. The molecule has 2 rings (SSSR count). The summed E-state index contributed by atoms with van der Waals surface area (Å²) in [6, 6.07) is -0.866. The number of hydrogen-bond acceptors (Lipinski definition) is 5. The van der Waals surface area contributed by atoms with Crippen molar-refractivity contribution in [2.24, 2.45) is 0 Å². The van der Waals surface area contributed by atoms with Gasteiger partial charge in [0.15, 0.2) is 0 Å². The molecule has 0 radical (unpaired) electrons. The minimum absolute atomic E-state index is 0.171. The van der Waals surface area contributed by atoms with Crippen molar-refractivity contribution in [2.45, 2.75) is 12.5 Å². The van der Waals surface area contributed by atoms with E-state index in [-0.39, 0.29) is 20.1 Å². The first-order valence-electron chi connectivity index (χ1n) is 4.90. The van der Waals surface area contributed by atoms with Gasteiger partial charge in [0.25, 0.3) is 0 Å². The van der Waals surface area contributed by atoms with Crippen LogP contribution in [0.2, 0.25) is 0 Å². The second-order valence-electron chi connectivity index (χ2n) is 3.51. The maximum atomic E-state index is 11.6. The van der Waals surface area contributed by atoms with Gasteiger partial charge in [0, 0.05) is 0 Å². The van der Waals surface area contributed by atoms with Gasteiger partial charge in [-0.05, 0) is 0 Å². The summed E-state index contributed by atoms with van der Waals surface area (Å²) < 4.78 is 9.32. The molecular formula is C9H4Cl4N2O5. The Kier molecular flexibility index (Phi) is 4.33. The van der Waals surface area contributed by atoms with Gasteiger partial charge in [-0.2, -0.15) is 0 Å². The highest BCUT2D eigenvalue weighted by Gasteiger charge is 2.36. The minimum atomic E-state index is -1.23.